The van der Waals surface area contributed by atoms with Crippen LogP contribution in [0.2, 0.25) is 0 Å². The first-order chi connectivity index (χ1) is 9.17. The van der Waals surface area contributed by atoms with Crippen LogP contribution >= 0.6 is 0 Å². The van der Waals surface area contributed by atoms with Crippen LogP contribution in [0.25, 0.3) is 0 Å². The van der Waals surface area contributed by atoms with Crippen LogP contribution in [0.5, 0.6) is 0 Å². The summed E-state index contributed by atoms with van der Waals surface area (Å²) >= 11 is 0. The van der Waals surface area contributed by atoms with E-state index in [-0.39, 0.29) is 12.5 Å². The lowest BCUT2D eigenvalue weighted by Gasteiger charge is -2.21. The fraction of sp³-hybridized carbons (Fsp3) is 0.533. The maximum Gasteiger partial charge on any atom is 0.250 e. The SMILES string of the molecule is CCCc1cc2c(c(C(N)=O)c1)N(CCCO)CC2. The van der Waals surface area contributed by atoms with Crippen molar-refractivity contribution in [1.29, 1.82) is 0 Å². The van der Waals surface area contributed by atoms with Gasteiger partial charge in [0.15, 0.2) is 0 Å². The van der Waals surface area contributed by atoms with E-state index >= 15 is 0 Å². The smallest absolute Gasteiger partial charge is 0.250 e. The fourth-order valence-electron chi connectivity index (χ4n) is 2.80. The third kappa shape index (κ3) is 2.89. The van der Waals surface area contributed by atoms with Crippen molar-refractivity contribution in [2.24, 2.45) is 5.73 Å². The lowest BCUT2D eigenvalue weighted by molar-refractivity contribution is 0.100. The molecule has 0 bridgehead atoms. The van der Waals surface area contributed by atoms with E-state index in [9.17, 15) is 4.79 Å². The van der Waals surface area contributed by atoms with Crippen molar-refractivity contribution >= 4 is 11.6 Å². The molecule has 0 radical (unpaired) electrons. The van der Waals surface area contributed by atoms with Gasteiger partial charge in [-0.2, -0.15) is 0 Å². The number of anilines is 1. The van der Waals surface area contributed by atoms with E-state index < -0.39 is 0 Å². The van der Waals surface area contributed by atoms with Crippen LogP contribution in [0.4, 0.5) is 5.69 Å². The molecule has 0 unspecified atom stereocenters. The molecule has 1 aromatic carbocycles. The van der Waals surface area contributed by atoms with Crippen molar-refractivity contribution in [3.8, 4) is 0 Å². The highest BCUT2D eigenvalue weighted by Gasteiger charge is 2.24. The third-order valence-corrected chi connectivity index (χ3v) is 3.61. The van der Waals surface area contributed by atoms with Crippen LogP contribution in [0, 0.1) is 0 Å². The Morgan fingerprint density at radius 3 is 2.89 bits per heavy atom. The van der Waals surface area contributed by atoms with Gasteiger partial charge in [0.1, 0.15) is 0 Å². The monoisotopic (exact) mass is 262 g/mol. The summed E-state index contributed by atoms with van der Waals surface area (Å²) in [7, 11) is 0. The van der Waals surface area contributed by atoms with Gasteiger partial charge >= 0.3 is 0 Å². The molecule has 0 fully saturated rings. The van der Waals surface area contributed by atoms with E-state index in [1.807, 2.05) is 6.07 Å². The second-order valence-corrected chi connectivity index (χ2v) is 5.08. The number of hydrogen-bond donors (Lipinski definition) is 2. The molecule has 1 amide bonds. The zero-order valence-electron chi connectivity index (χ0n) is 11.5. The highest BCUT2D eigenvalue weighted by molar-refractivity contribution is 6.00. The Labute approximate surface area is 114 Å². The van der Waals surface area contributed by atoms with Gasteiger partial charge in [0.2, 0.25) is 0 Å². The molecule has 1 aliphatic rings. The second kappa shape index (κ2) is 6.06. The maximum absolute atomic E-state index is 11.7. The summed E-state index contributed by atoms with van der Waals surface area (Å²) in [4.78, 5) is 13.9. The molecule has 0 atom stereocenters. The topological polar surface area (TPSA) is 66.6 Å². The van der Waals surface area contributed by atoms with Crippen LogP contribution in [0.1, 0.15) is 41.3 Å². The lowest BCUT2D eigenvalue weighted by Crippen LogP contribution is -2.25. The highest BCUT2D eigenvalue weighted by Crippen LogP contribution is 2.33. The first-order valence-electron chi connectivity index (χ1n) is 6.98. The molecule has 0 aliphatic carbocycles. The number of amides is 1. The Bertz CT molecular complexity index is 471. The molecule has 0 aromatic heterocycles. The van der Waals surface area contributed by atoms with Crippen molar-refractivity contribution in [2.75, 3.05) is 24.6 Å². The number of hydrogen-bond acceptors (Lipinski definition) is 3. The number of nitrogens with zero attached hydrogens (tertiary/aromatic N) is 1. The molecular formula is C15H22N2O2. The first kappa shape index (κ1) is 13.9. The first-order valence-corrected chi connectivity index (χ1v) is 6.98. The zero-order chi connectivity index (χ0) is 13.8. The third-order valence-electron chi connectivity index (χ3n) is 3.61. The van der Waals surface area contributed by atoms with Gasteiger partial charge in [-0.15, -0.1) is 0 Å². The normalized spacial score (nSPS) is 13.7. The highest BCUT2D eigenvalue weighted by atomic mass is 16.3. The molecule has 1 aromatic rings. The lowest BCUT2D eigenvalue weighted by atomic mass is 9.99. The number of benzene rings is 1. The van der Waals surface area contributed by atoms with Crippen molar-refractivity contribution in [3.63, 3.8) is 0 Å². The van der Waals surface area contributed by atoms with E-state index in [1.165, 1.54) is 11.1 Å². The number of fused-ring (bicyclic) bond motifs is 1. The number of carbonyl (C=O) groups excluding carboxylic acids is 1. The molecule has 4 heteroatoms. The molecule has 1 aliphatic heterocycles. The van der Waals surface area contributed by atoms with Gasteiger partial charge in [0.25, 0.3) is 5.91 Å². The van der Waals surface area contributed by atoms with Crippen molar-refractivity contribution < 1.29 is 9.90 Å². The summed E-state index contributed by atoms with van der Waals surface area (Å²) < 4.78 is 0. The van der Waals surface area contributed by atoms with Gasteiger partial charge in [-0.3, -0.25) is 4.79 Å². The molecule has 3 N–H and O–H groups in total. The number of rotatable bonds is 6. The molecule has 0 saturated carbocycles. The van der Waals surface area contributed by atoms with Gasteiger partial charge in [0.05, 0.1) is 11.3 Å². The van der Waals surface area contributed by atoms with Crippen LogP contribution in [-0.2, 0) is 12.8 Å². The average molecular weight is 262 g/mol. The summed E-state index contributed by atoms with van der Waals surface area (Å²) in [6, 6.07) is 4.13. The number of aliphatic hydroxyl groups excluding tert-OH is 1. The Morgan fingerprint density at radius 2 is 2.26 bits per heavy atom. The number of nitrogens with two attached hydrogens (primary N) is 1. The Hall–Kier alpha value is -1.55. The Balaban J connectivity index is 2.37. The Kier molecular flexibility index (Phi) is 4.43. The number of aliphatic hydroxyl groups is 1. The zero-order valence-corrected chi connectivity index (χ0v) is 11.5. The molecule has 1 heterocycles. The van der Waals surface area contributed by atoms with E-state index in [0.717, 1.165) is 38.0 Å². The van der Waals surface area contributed by atoms with E-state index in [4.69, 9.17) is 10.8 Å². The number of primary amides is 1. The van der Waals surface area contributed by atoms with Gasteiger partial charge in [-0.25, -0.2) is 0 Å². The molecule has 19 heavy (non-hydrogen) atoms. The summed E-state index contributed by atoms with van der Waals surface area (Å²) in [5.41, 5.74) is 9.56. The average Bonchev–Trinajstić information content (AvgIpc) is 2.78. The molecular weight excluding hydrogens is 240 g/mol. The summed E-state index contributed by atoms with van der Waals surface area (Å²) in [5, 5.41) is 8.95. The predicted octanol–water partition coefficient (Wildman–Crippen LogP) is 1.48. The van der Waals surface area contributed by atoms with E-state index in [0.29, 0.717) is 12.0 Å². The predicted molar refractivity (Wildman–Crippen MR) is 76.6 cm³/mol. The maximum atomic E-state index is 11.7. The van der Waals surface area contributed by atoms with Crippen LogP contribution < -0.4 is 10.6 Å². The summed E-state index contributed by atoms with van der Waals surface area (Å²) in [6.45, 7) is 3.98. The van der Waals surface area contributed by atoms with Crippen LogP contribution in [0.15, 0.2) is 12.1 Å². The minimum absolute atomic E-state index is 0.172. The number of aryl methyl sites for hydroxylation is 1. The molecule has 0 saturated heterocycles. The molecule has 104 valence electrons. The van der Waals surface area contributed by atoms with Crippen molar-refractivity contribution in [3.05, 3.63) is 28.8 Å². The standard InChI is InChI=1S/C15H22N2O2/c1-2-4-11-9-12-5-7-17(6-3-8-18)14(12)13(10-11)15(16)19/h9-10,18H,2-8H2,1H3,(H2,16,19). The summed E-state index contributed by atoms with van der Waals surface area (Å²) in [6.07, 6.45) is 3.71. The minimum atomic E-state index is -0.356. The van der Waals surface area contributed by atoms with Gasteiger partial charge in [-0.05, 0) is 36.5 Å². The minimum Gasteiger partial charge on any atom is -0.396 e. The van der Waals surface area contributed by atoms with E-state index in [2.05, 4.69) is 17.9 Å². The van der Waals surface area contributed by atoms with Crippen LogP contribution in [0.3, 0.4) is 0 Å². The summed E-state index contributed by atoms with van der Waals surface area (Å²) in [5.74, 6) is -0.356. The van der Waals surface area contributed by atoms with E-state index in [1.54, 1.807) is 0 Å². The van der Waals surface area contributed by atoms with Gasteiger partial charge < -0.3 is 15.7 Å². The van der Waals surface area contributed by atoms with Crippen molar-refractivity contribution in [2.45, 2.75) is 32.6 Å². The van der Waals surface area contributed by atoms with Gasteiger partial charge in [-0.1, -0.05) is 19.4 Å². The largest absolute Gasteiger partial charge is 0.396 e. The van der Waals surface area contributed by atoms with Crippen molar-refractivity contribution in [1.82, 2.24) is 0 Å². The molecule has 2 rings (SSSR count). The molecule has 4 nitrogen and oxygen atoms in total. The fourth-order valence-corrected chi connectivity index (χ4v) is 2.80. The second-order valence-electron chi connectivity index (χ2n) is 5.08. The Morgan fingerprint density at radius 1 is 1.47 bits per heavy atom. The quantitative estimate of drug-likeness (QED) is 0.816. The van der Waals surface area contributed by atoms with Crippen LogP contribution in [-0.4, -0.2) is 30.7 Å². The molecule has 0 spiro atoms. The van der Waals surface area contributed by atoms with Gasteiger partial charge in [0, 0.05) is 19.7 Å². The number of carbonyl (C=O) groups is 1.